The molecule has 0 fully saturated rings. The zero-order valence-corrected chi connectivity index (χ0v) is 15.0. The first-order valence-corrected chi connectivity index (χ1v) is 8.60. The van der Waals surface area contributed by atoms with Crippen molar-refractivity contribution in [3.05, 3.63) is 59.2 Å². The van der Waals surface area contributed by atoms with Gasteiger partial charge in [0.2, 0.25) is 11.8 Å². The highest BCUT2D eigenvalue weighted by Gasteiger charge is 2.32. The van der Waals surface area contributed by atoms with E-state index in [4.69, 9.17) is 10.5 Å². The van der Waals surface area contributed by atoms with Crippen LogP contribution in [0.2, 0.25) is 0 Å². The van der Waals surface area contributed by atoms with Crippen molar-refractivity contribution >= 4 is 23.1 Å². The fraction of sp³-hybridized carbons (Fsp3) is 0.200. The summed E-state index contributed by atoms with van der Waals surface area (Å²) in [6.07, 6.45) is -3.17. The standard InChI is InChI=1S/C20H17F3N2O4/c21-20(22,23)12-4-5-13-11(6-7-29-17(13)9-12)8-19(28)25-15-2-1-3-16(26)14(15)10-18(24)27/h1-5,8-9,26H,6-7,10H2,(H2,24,27)(H,25,28). The SMILES string of the molecule is NC(=O)Cc1c(O)cccc1NC(=O)C=C1CCOc2cc(C(F)(F)F)ccc21. The summed E-state index contributed by atoms with van der Waals surface area (Å²) in [5.74, 6) is -1.38. The summed E-state index contributed by atoms with van der Waals surface area (Å²) in [6.45, 7) is 0.131. The van der Waals surface area contributed by atoms with E-state index in [0.29, 0.717) is 17.6 Å². The van der Waals surface area contributed by atoms with Gasteiger partial charge in [-0.3, -0.25) is 9.59 Å². The lowest BCUT2D eigenvalue weighted by molar-refractivity contribution is -0.137. The number of halogens is 3. The normalized spacial score (nSPS) is 14.8. The Morgan fingerprint density at radius 2 is 2.00 bits per heavy atom. The Kier molecular flexibility index (Phi) is 5.49. The molecule has 0 saturated carbocycles. The van der Waals surface area contributed by atoms with Crippen LogP contribution in [-0.2, 0) is 22.2 Å². The third kappa shape index (κ3) is 4.68. The van der Waals surface area contributed by atoms with E-state index < -0.39 is 23.6 Å². The number of alkyl halides is 3. The number of primary amides is 1. The first-order chi connectivity index (χ1) is 13.6. The van der Waals surface area contributed by atoms with E-state index in [1.54, 1.807) is 0 Å². The summed E-state index contributed by atoms with van der Waals surface area (Å²) in [5, 5.41) is 12.5. The minimum absolute atomic E-state index is 0.0527. The zero-order valence-electron chi connectivity index (χ0n) is 15.0. The van der Waals surface area contributed by atoms with Crippen LogP contribution in [0.25, 0.3) is 5.57 Å². The van der Waals surface area contributed by atoms with Gasteiger partial charge < -0.3 is 20.9 Å². The largest absolute Gasteiger partial charge is 0.508 e. The summed E-state index contributed by atoms with van der Waals surface area (Å²) >= 11 is 0. The van der Waals surface area contributed by atoms with Crippen molar-refractivity contribution in [3.63, 3.8) is 0 Å². The van der Waals surface area contributed by atoms with Gasteiger partial charge in [0.15, 0.2) is 0 Å². The average Bonchev–Trinajstić information content (AvgIpc) is 2.63. The minimum atomic E-state index is -4.50. The van der Waals surface area contributed by atoms with Crippen LogP contribution in [0, 0.1) is 0 Å². The van der Waals surface area contributed by atoms with Crippen LogP contribution in [0.15, 0.2) is 42.5 Å². The first kappa shape index (κ1) is 20.2. The number of rotatable bonds is 4. The number of benzene rings is 2. The number of amides is 2. The number of carbonyl (C=O) groups is 2. The van der Waals surface area contributed by atoms with Gasteiger partial charge in [0.1, 0.15) is 11.5 Å². The van der Waals surface area contributed by atoms with Crippen LogP contribution in [0.5, 0.6) is 11.5 Å². The number of anilines is 1. The van der Waals surface area contributed by atoms with Gasteiger partial charge in [-0.15, -0.1) is 0 Å². The second-order valence-corrected chi connectivity index (χ2v) is 6.41. The maximum absolute atomic E-state index is 12.9. The molecule has 152 valence electrons. The van der Waals surface area contributed by atoms with E-state index >= 15 is 0 Å². The Bertz CT molecular complexity index is 1000. The van der Waals surface area contributed by atoms with Gasteiger partial charge in [0.05, 0.1) is 18.6 Å². The topological polar surface area (TPSA) is 102 Å². The quantitative estimate of drug-likeness (QED) is 0.679. The molecule has 2 aromatic rings. The molecule has 4 N–H and O–H groups in total. The van der Waals surface area contributed by atoms with Gasteiger partial charge in [-0.25, -0.2) is 0 Å². The average molecular weight is 406 g/mol. The molecule has 9 heteroatoms. The van der Waals surface area contributed by atoms with Crippen LogP contribution in [0.3, 0.4) is 0 Å². The van der Waals surface area contributed by atoms with E-state index in [9.17, 15) is 27.9 Å². The van der Waals surface area contributed by atoms with E-state index in [0.717, 1.165) is 12.1 Å². The number of ether oxygens (including phenoxy) is 1. The van der Waals surface area contributed by atoms with Crippen LogP contribution in [0.1, 0.15) is 23.1 Å². The highest BCUT2D eigenvalue weighted by atomic mass is 19.4. The van der Waals surface area contributed by atoms with Crippen molar-refractivity contribution in [2.45, 2.75) is 19.0 Å². The van der Waals surface area contributed by atoms with Gasteiger partial charge in [-0.05, 0) is 29.8 Å². The molecule has 0 atom stereocenters. The Morgan fingerprint density at radius 3 is 2.69 bits per heavy atom. The molecular formula is C20H17F3N2O4. The predicted octanol–water partition coefficient (Wildman–Crippen LogP) is 3.24. The smallest absolute Gasteiger partial charge is 0.416 e. The highest BCUT2D eigenvalue weighted by molar-refractivity contribution is 6.05. The van der Waals surface area contributed by atoms with Gasteiger partial charge in [0, 0.05) is 29.3 Å². The third-order valence-electron chi connectivity index (χ3n) is 4.35. The molecule has 29 heavy (non-hydrogen) atoms. The van der Waals surface area contributed by atoms with Crippen molar-refractivity contribution < 1.29 is 32.6 Å². The maximum atomic E-state index is 12.9. The van der Waals surface area contributed by atoms with Crippen molar-refractivity contribution in [1.29, 1.82) is 0 Å². The van der Waals surface area contributed by atoms with Gasteiger partial charge in [-0.2, -0.15) is 13.2 Å². The third-order valence-corrected chi connectivity index (χ3v) is 4.35. The predicted molar refractivity (Wildman–Crippen MR) is 99.2 cm³/mol. The lowest BCUT2D eigenvalue weighted by Gasteiger charge is -2.21. The summed E-state index contributed by atoms with van der Waals surface area (Å²) < 4.78 is 44.0. The lowest BCUT2D eigenvalue weighted by atomic mass is 9.97. The first-order valence-electron chi connectivity index (χ1n) is 8.60. The number of hydrogen-bond acceptors (Lipinski definition) is 4. The number of fused-ring (bicyclic) bond motifs is 1. The molecule has 2 aromatic carbocycles. The number of aromatic hydroxyl groups is 1. The fourth-order valence-corrected chi connectivity index (χ4v) is 3.02. The van der Waals surface area contributed by atoms with E-state index in [-0.39, 0.29) is 35.8 Å². The molecule has 0 saturated heterocycles. The molecule has 0 aromatic heterocycles. The Hall–Kier alpha value is -3.49. The molecular weight excluding hydrogens is 389 g/mol. The second-order valence-electron chi connectivity index (χ2n) is 6.41. The number of phenols is 1. The molecule has 3 rings (SSSR count). The van der Waals surface area contributed by atoms with Crippen LogP contribution >= 0.6 is 0 Å². The summed E-state index contributed by atoms with van der Waals surface area (Å²) in [6, 6.07) is 7.45. The highest BCUT2D eigenvalue weighted by Crippen LogP contribution is 2.38. The molecule has 1 aliphatic rings. The molecule has 0 radical (unpaired) electrons. The van der Waals surface area contributed by atoms with E-state index in [1.165, 1.54) is 30.3 Å². The molecule has 0 bridgehead atoms. The molecule has 2 amide bonds. The zero-order chi connectivity index (χ0) is 21.2. The van der Waals surface area contributed by atoms with Gasteiger partial charge in [-0.1, -0.05) is 12.1 Å². The molecule has 0 aliphatic carbocycles. The lowest BCUT2D eigenvalue weighted by Crippen LogP contribution is -2.17. The number of phenolic OH excluding ortho intramolecular Hbond substituents is 1. The number of carbonyl (C=O) groups excluding carboxylic acids is 2. The van der Waals surface area contributed by atoms with Crippen LogP contribution in [-0.4, -0.2) is 23.5 Å². The molecule has 6 nitrogen and oxygen atoms in total. The van der Waals surface area contributed by atoms with Crippen molar-refractivity contribution in [3.8, 4) is 11.5 Å². The molecule has 0 spiro atoms. The summed E-state index contributed by atoms with van der Waals surface area (Å²) in [5.41, 5.74) is 5.63. The van der Waals surface area contributed by atoms with Crippen molar-refractivity contribution in [1.82, 2.24) is 0 Å². The molecule has 1 heterocycles. The van der Waals surface area contributed by atoms with Gasteiger partial charge >= 0.3 is 6.18 Å². The summed E-state index contributed by atoms with van der Waals surface area (Å²) in [4.78, 5) is 23.7. The molecule has 0 unspecified atom stereocenters. The minimum Gasteiger partial charge on any atom is -0.508 e. The Morgan fingerprint density at radius 1 is 1.24 bits per heavy atom. The number of nitrogens with two attached hydrogens (primary N) is 1. The number of hydrogen-bond donors (Lipinski definition) is 3. The van der Waals surface area contributed by atoms with Crippen LogP contribution < -0.4 is 15.8 Å². The monoisotopic (exact) mass is 406 g/mol. The van der Waals surface area contributed by atoms with Gasteiger partial charge in [0.25, 0.3) is 0 Å². The second kappa shape index (κ2) is 7.86. The molecule has 1 aliphatic heterocycles. The maximum Gasteiger partial charge on any atom is 0.416 e. The van der Waals surface area contributed by atoms with Crippen molar-refractivity contribution in [2.75, 3.05) is 11.9 Å². The van der Waals surface area contributed by atoms with E-state index in [2.05, 4.69) is 5.32 Å². The summed E-state index contributed by atoms with van der Waals surface area (Å²) in [7, 11) is 0. The van der Waals surface area contributed by atoms with Crippen molar-refractivity contribution in [2.24, 2.45) is 5.73 Å². The van der Waals surface area contributed by atoms with Crippen LogP contribution in [0.4, 0.5) is 18.9 Å². The Balaban J connectivity index is 1.87. The fourth-order valence-electron chi connectivity index (χ4n) is 3.02. The Labute approximate surface area is 163 Å². The number of nitrogens with one attached hydrogen (secondary N) is 1. The van der Waals surface area contributed by atoms with E-state index in [1.807, 2.05) is 0 Å².